The number of primary amides is 1. The van der Waals surface area contributed by atoms with Gasteiger partial charge in [0.1, 0.15) is 0 Å². The Balaban J connectivity index is 1.90. The van der Waals surface area contributed by atoms with Crippen molar-refractivity contribution in [3.63, 3.8) is 0 Å². The number of anilines is 1. The maximum Gasteiger partial charge on any atom is 0.316 e. The van der Waals surface area contributed by atoms with Gasteiger partial charge in [-0.2, -0.15) is 0 Å². The number of nitrogens with one attached hydrogen (secondary N) is 1. The Morgan fingerprint density at radius 2 is 1.19 bits per heavy atom. The van der Waals surface area contributed by atoms with Gasteiger partial charge in [0.25, 0.3) is 0 Å². The van der Waals surface area contributed by atoms with Crippen LogP contribution in [0.25, 0.3) is 0 Å². The van der Waals surface area contributed by atoms with Gasteiger partial charge in [-0.1, -0.05) is 115 Å². The largest absolute Gasteiger partial charge is 0.351 e. The van der Waals surface area contributed by atoms with E-state index in [2.05, 4.69) is 18.3 Å². The van der Waals surface area contributed by atoms with Gasteiger partial charge in [0, 0.05) is 5.69 Å². The number of carbonyl (C=O) groups excluding carboxylic acids is 1. The molecule has 2 amide bonds. The quantitative estimate of drug-likeness (QED) is 0.271. The van der Waals surface area contributed by atoms with Crippen LogP contribution in [0.15, 0.2) is 24.3 Å². The van der Waals surface area contributed by atoms with Gasteiger partial charge in [-0.15, -0.1) is 0 Å². The summed E-state index contributed by atoms with van der Waals surface area (Å²) in [4.78, 5) is 11.0. The average molecular weight is 375 g/mol. The number of nitrogens with two attached hydrogens (primary N) is 1. The highest BCUT2D eigenvalue weighted by molar-refractivity contribution is 5.88. The summed E-state index contributed by atoms with van der Waals surface area (Å²) in [5.41, 5.74) is 7.27. The molecule has 0 atom stereocenters. The highest BCUT2D eigenvalue weighted by atomic mass is 16.2. The molecule has 0 aliphatic heterocycles. The molecular weight excluding hydrogens is 332 g/mol. The highest BCUT2D eigenvalue weighted by Crippen LogP contribution is 2.19. The van der Waals surface area contributed by atoms with Gasteiger partial charge < -0.3 is 11.1 Å². The van der Waals surface area contributed by atoms with Crippen LogP contribution < -0.4 is 11.1 Å². The van der Waals surface area contributed by atoms with Crippen molar-refractivity contribution in [1.82, 2.24) is 0 Å². The van der Waals surface area contributed by atoms with Crippen molar-refractivity contribution in [3.05, 3.63) is 29.8 Å². The number of para-hydroxylation sites is 1. The summed E-state index contributed by atoms with van der Waals surface area (Å²) in [6.07, 6.45) is 21.7. The highest BCUT2D eigenvalue weighted by Gasteiger charge is 2.03. The van der Waals surface area contributed by atoms with E-state index in [9.17, 15) is 4.79 Å². The third kappa shape index (κ3) is 13.3. The molecule has 0 saturated heterocycles. The van der Waals surface area contributed by atoms with E-state index >= 15 is 0 Å². The number of hydrogen-bond acceptors (Lipinski definition) is 1. The summed E-state index contributed by atoms with van der Waals surface area (Å²) in [5.74, 6) is 0. The molecule has 154 valence electrons. The monoisotopic (exact) mass is 374 g/mol. The summed E-state index contributed by atoms with van der Waals surface area (Å²) < 4.78 is 0. The van der Waals surface area contributed by atoms with Crippen LogP contribution in [-0.4, -0.2) is 6.03 Å². The molecule has 0 aliphatic carbocycles. The molecule has 1 aromatic rings. The van der Waals surface area contributed by atoms with E-state index in [0.29, 0.717) is 0 Å². The molecule has 0 spiro atoms. The molecule has 0 bridgehead atoms. The third-order valence-electron chi connectivity index (χ3n) is 5.32. The fourth-order valence-corrected chi connectivity index (χ4v) is 3.68. The van der Waals surface area contributed by atoms with Crippen LogP contribution in [0.1, 0.15) is 109 Å². The molecule has 0 fully saturated rings. The lowest BCUT2D eigenvalue weighted by Crippen LogP contribution is -2.20. The van der Waals surface area contributed by atoms with Crippen LogP contribution in [0.3, 0.4) is 0 Å². The average Bonchev–Trinajstić information content (AvgIpc) is 2.65. The smallest absolute Gasteiger partial charge is 0.316 e. The van der Waals surface area contributed by atoms with Gasteiger partial charge in [0.15, 0.2) is 0 Å². The standard InChI is InChI=1S/C24H42N2O/c1-2-3-4-5-6-7-8-9-10-11-12-13-14-15-16-19-22-20-17-18-21-23(22)26-24(25)27/h17-18,20-21H,2-16,19H2,1H3,(H3,25,26,27). The second-order valence-corrected chi connectivity index (χ2v) is 7.85. The topological polar surface area (TPSA) is 55.1 Å². The van der Waals surface area contributed by atoms with Gasteiger partial charge >= 0.3 is 6.03 Å². The zero-order valence-corrected chi connectivity index (χ0v) is 17.6. The number of hydrogen-bond donors (Lipinski definition) is 2. The van der Waals surface area contributed by atoms with Crippen molar-refractivity contribution >= 4 is 11.7 Å². The molecule has 1 rings (SSSR count). The first kappa shape index (κ1) is 23.5. The molecule has 0 saturated carbocycles. The maximum atomic E-state index is 11.0. The number of rotatable bonds is 17. The third-order valence-corrected chi connectivity index (χ3v) is 5.32. The Hall–Kier alpha value is -1.51. The van der Waals surface area contributed by atoms with Gasteiger partial charge in [0.05, 0.1) is 0 Å². The molecular formula is C24H42N2O. The minimum Gasteiger partial charge on any atom is -0.351 e. The minimum atomic E-state index is -0.487. The predicted octanol–water partition coefficient (Wildman–Crippen LogP) is 7.59. The van der Waals surface area contributed by atoms with E-state index in [-0.39, 0.29) is 0 Å². The molecule has 0 aliphatic rings. The Kier molecular flexibility index (Phi) is 14.5. The summed E-state index contributed by atoms with van der Waals surface area (Å²) >= 11 is 0. The van der Waals surface area contributed by atoms with Crippen LogP contribution >= 0.6 is 0 Å². The lowest BCUT2D eigenvalue weighted by atomic mass is 10.0. The Morgan fingerprint density at radius 1 is 0.741 bits per heavy atom. The SMILES string of the molecule is CCCCCCCCCCCCCCCCCc1ccccc1NC(N)=O. The number of carbonyl (C=O) groups is 1. The van der Waals surface area contributed by atoms with Crippen molar-refractivity contribution in [1.29, 1.82) is 0 Å². The van der Waals surface area contributed by atoms with E-state index in [1.807, 2.05) is 18.2 Å². The summed E-state index contributed by atoms with van der Waals surface area (Å²) in [5, 5.41) is 2.71. The van der Waals surface area contributed by atoms with Crippen molar-refractivity contribution in [2.24, 2.45) is 5.73 Å². The Bertz CT molecular complexity index is 487. The molecule has 0 aromatic heterocycles. The second kappa shape index (κ2) is 16.6. The molecule has 1 aromatic carbocycles. The molecule has 27 heavy (non-hydrogen) atoms. The zero-order valence-electron chi connectivity index (χ0n) is 17.6. The van der Waals surface area contributed by atoms with Crippen molar-refractivity contribution in [2.45, 2.75) is 110 Å². The van der Waals surface area contributed by atoms with Crippen LogP contribution in [0.2, 0.25) is 0 Å². The number of aryl methyl sites for hydroxylation is 1. The fraction of sp³-hybridized carbons (Fsp3) is 0.708. The molecule has 3 nitrogen and oxygen atoms in total. The number of amides is 2. The summed E-state index contributed by atoms with van der Waals surface area (Å²) in [6, 6.07) is 7.47. The summed E-state index contributed by atoms with van der Waals surface area (Å²) in [6.45, 7) is 2.28. The van der Waals surface area contributed by atoms with Crippen LogP contribution in [0.5, 0.6) is 0 Å². The van der Waals surface area contributed by atoms with Gasteiger partial charge in [-0.3, -0.25) is 0 Å². The van der Waals surface area contributed by atoms with Gasteiger partial charge in [-0.05, 0) is 24.5 Å². The Morgan fingerprint density at radius 3 is 1.67 bits per heavy atom. The predicted molar refractivity (Wildman–Crippen MR) is 118 cm³/mol. The first-order chi connectivity index (χ1) is 13.2. The van der Waals surface area contributed by atoms with Crippen LogP contribution in [0.4, 0.5) is 10.5 Å². The van der Waals surface area contributed by atoms with Crippen molar-refractivity contribution < 1.29 is 4.79 Å². The van der Waals surface area contributed by atoms with Crippen LogP contribution in [-0.2, 0) is 6.42 Å². The van der Waals surface area contributed by atoms with Crippen molar-refractivity contribution in [2.75, 3.05) is 5.32 Å². The van der Waals surface area contributed by atoms with Gasteiger partial charge in [-0.25, -0.2) is 4.79 Å². The first-order valence-corrected chi connectivity index (χ1v) is 11.4. The van der Waals surface area contributed by atoms with Gasteiger partial charge in [0.2, 0.25) is 0 Å². The lowest BCUT2D eigenvalue weighted by molar-refractivity contribution is 0.259. The molecule has 0 heterocycles. The Labute approximate surface area is 167 Å². The normalized spacial score (nSPS) is 10.9. The molecule has 3 N–H and O–H groups in total. The second-order valence-electron chi connectivity index (χ2n) is 7.85. The molecule has 0 radical (unpaired) electrons. The molecule has 3 heteroatoms. The van der Waals surface area contributed by atoms with E-state index in [0.717, 1.165) is 12.1 Å². The van der Waals surface area contributed by atoms with Crippen LogP contribution in [0, 0.1) is 0 Å². The minimum absolute atomic E-state index is 0.487. The van der Waals surface area contributed by atoms with E-state index in [4.69, 9.17) is 5.73 Å². The number of urea groups is 1. The van der Waals surface area contributed by atoms with E-state index in [1.165, 1.54) is 102 Å². The van der Waals surface area contributed by atoms with E-state index in [1.54, 1.807) is 0 Å². The number of benzene rings is 1. The lowest BCUT2D eigenvalue weighted by Gasteiger charge is -2.09. The first-order valence-electron chi connectivity index (χ1n) is 11.4. The maximum absolute atomic E-state index is 11.0. The fourth-order valence-electron chi connectivity index (χ4n) is 3.68. The number of unbranched alkanes of at least 4 members (excludes halogenated alkanes) is 14. The summed E-state index contributed by atoms with van der Waals surface area (Å²) in [7, 11) is 0. The molecule has 0 unspecified atom stereocenters. The van der Waals surface area contributed by atoms with Crippen molar-refractivity contribution in [3.8, 4) is 0 Å². The zero-order chi connectivity index (χ0) is 19.6. The van der Waals surface area contributed by atoms with E-state index < -0.39 is 6.03 Å².